The zero-order chi connectivity index (χ0) is 23.5. The fraction of sp³-hybridized carbons (Fsp3) is 0.222. The number of carbonyl (C=O) groups excluding carboxylic acids is 2. The van der Waals surface area contributed by atoms with Gasteiger partial charge in [-0.25, -0.2) is 0 Å². The van der Waals surface area contributed by atoms with Crippen molar-refractivity contribution in [3.05, 3.63) is 90.0 Å². The Hall–Kier alpha value is -4.11. The molecule has 6 nitrogen and oxygen atoms in total. The summed E-state index contributed by atoms with van der Waals surface area (Å²) >= 11 is 0. The van der Waals surface area contributed by atoms with Crippen LogP contribution in [0, 0.1) is 11.3 Å². The van der Waals surface area contributed by atoms with Crippen molar-refractivity contribution >= 4 is 23.2 Å². The summed E-state index contributed by atoms with van der Waals surface area (Å²) in [7, 11) is 1.62. The maximum Gasteiger partial charge on any atom is 0.227 e. The lowest BCUT2D eigenvalue weighted by Gasteiger charge is -2.21. The highest BCUT2D eigenvalue weighted by Crippen LogP contribution is 2.25. The topological polar surface area (TPSA) is 82.4 Å². The number of hydrogen-bond acceptors (Lipinski definition) is 4. The van der Waals surface area contributed by atoms with Gasteiger partial charge in [-0.1, -0.05) is 48.5 Å². The van der Waals surface area contributed by atoms with Gasteiger partial charge in [0.25, 0.3) is 0 Å². The van der Waals surface area contributed by atoms with Crippen LogP contribution in [0.25, 0.3) is 0 Å². The predicted octanol–water partition coefficient (Wildman–Crippen LogP) is 4.95. The van der Waals surface area contributed by atoms with E-state index in [4.69, 9.17) is 10.00 Å². The Morgan fingerprint density at radius 1 is 0.970 bits per heavy atom. The fourth-order valence-electron chi connectivity index (χ4n) is 3.56. The first-order chi connectivity index (χ1) is 16.1. The summed E-state index contributed by atoms with van der Waals surface area (Å²) in [5.74, 6) is 0.321. The van der Waals surface area contributed by atoms with Gasteiger partial charge in [0, 0.05) is 42.7 Å². The van der Waals surface area contributed by atoms with Crippen molar-refractivity contribution in [2.24, 2.45) is 0 Å². The normalized spacial score (nSPS) is 10.2. The van der Waals surface area contributed by atoms with Crippen LogP contribution < -0.4 is 15.0 Å². The van der Waals surface area contributed by atoms with Crippen LogP contribution in [0.2, 0.25) is 0 Å². The van der Waals surface area contributed by atoms with Gasteiger partial charge in [-0.15, -0.1) is 0 Å². The number of benzene rings is 3. The molecule has 3 aromatic rings. The van der Waals surface area contributed by atoms with Crippen molar-refractivity contribution in [3.8, 4) is 11.8 Å². The molecule has 2 amide bonds. The third-order valence-electron chi connectivity index (χ3n) is 5.18. The van der Waals surface area contributed by atoms with Gasteiger partial charge in [0.05, 0.1) is 19.6 Å². The Bertz CT molecular complexity index is 1110. The molecule has 0 bridgehead atoms. The SMILES string of the molecule is COc1ccc(NC(=O)CCC(=O)N(CCC#N)c2ccccc2)cc1Cc1ccccc1. The molecule has 0 saturated carbocycles. The van der Waals surface area contributed by atoms with Crippen molar-refractivity contribution in [2.45, 2.75) is 25.7 Å². The van der Waals surface area contributed by atoms with Crippen LogP contribution in [-0.2, 0) is 16.0 Å². The van der Waals surface area contributed by atoms with Crippen molar-refractivity contribution in [1.82, 2.24) is 0 Å². The number of nitriles is 1. The van der Waals surface area contributed by atoms with E-state index in [1.54, 1.807) is 18.1 Å². The zero-order valence-corrected chi connectivity index (χ0v) is 18.7. The molecule has 0 aliphatic heterocycles. The van der Waals surface area contributed by atoms with Crippen LogP contribution in [0.4, 0.5) is 11.4 Å². The van der Waals surface area contributed by atoms with E-state index in [1.807, 2.05) is 72.8 Å². The average Bonchev–Trinajstić information content (AvgIpc) is 2.84. The van der Waals surface area contributed by atoms with Crippen LogP contribution in [0.1, 0.15) is 30.4 Å². The van der Waals surface area contributed by atoms with Gasteiger partial charge in [0.1, 0.15) is 5.75 Å². The summed E-state index contributed by atoms with van der Waals surface area (Å²) in [6, 6.07) is 26.8. The lowest BCUT2D eigenvalue weighted by Crippen LogP contribution is -2.32. The Labute approximate surface area is 194 Å². The molecule has 0 unspecified atom stereocenters. The minimum atomic E-state index is -0.243. The van der Waals surface area contributed by atoms with Crippen molar-refractivity contribution < 1.29 is 14.3 Å². The van der Waals surface area contributed by atoms with Gasteiger partial charge in [-0.2, -0.15) is 5.26 Å². The molecule has 0 aliphatic carbocycles. The number of rotatable bonds is 10. The van der Waals surface area contributed by atoms with Crippen molar-refractivity contribution in [1.29, 1.82) is 5.26 Å². The Morgan fingerprint density at radius 2 is 1.67 bits per heavy atom. The highest BCUT2D eigenvalue weighted by molar-refractivity contribution is 5.98. The molecule has 0 fully saturated rings. The van der Waals surface area contributed by atoms with Crippen LogP contribution in [0.3, 0.4) is 0 Å². The molecule has 3 rings (SSSR count). The first-order valence-electron chi connectivity index (χ1n) is 10.8. The smallest absolute Gasteiger partial charge is 0.227 e. The molecule has 6 heteroatoms. The van der Waals surface area contributed by atoms with Gasteiger partial charge in [0.2, 0.25) is 11.8 Å². The summed E-state index contributed by atoms with van der Waals surface area (Å²) in [6.45, 7) is 0.294. The van der Waals surface area contributed by atoms with Crippen molar-refractivity contribution in [3.63, 3.8) is 0 Å². The fourth-order valence-corrected chi connectivity index (χ4v) is 3.56. The Kier molecular flexibility index (Phi) is 8.61. The minimum absolute atomic E-state index is 0.0504. The molecule has 168 valence electrons. The van der Waals surface area contributed by atoms with E-state index in [-0.39, 0.29) is 31.1 Å². The van der Waals surface area contributed by atoms with Crippen LogP contribution in [0.15, 0.2) is 78.9 Å². The standard InChI is InChI=1S/C27H27N3O3/c1-33-25-14-13-23(20-22(25)19-21-9-4-2-5-10-21)29-26(31)15-16-27(32)30(18-8-17-28)24-11-6-3-7-12-24/h2-7,9-14,20H,8,15-16,18-19H2,1H3,(H,29,31). The van der Waals surface area contributed by atoms with E-state index in [9.17, 15) is 9.59 Å². The molecule has 3 aromatic carbocycles. The molecule has 0 spiro atoms. The number of methoxy groups -OCH3 is 1. The number of carbonyl (C=O) groups is 2. The summed E-state index contributed by atoms with van der Waals surface area (Å²) in [5.41, 5.74) is 3.48. The van der Waals surface area contributed by atoms with Crippen molar-refractivity contribution in [2.75, 3.05) is 23.9 Å². The van der Waals surface area contributed by atoms with Crippen LogP contribution in [-0.4, -0.2) is 25.5 Å². The first kappa shape index (κ1) is 23.6. The maximum absolute atomic E-state index is 12.8. The van der Waals surface area contributed by atoms with E-state index in [0.717, 1.165) is 22.6 Å². The second kappa shape index (κ2) is 12.1. The van der Waals surface area contributed by atoms with E-state index in [0.29, 0.717) is 18.7 Å². The van der Waals surface area contributed by atoms with Gasteiger partial charge < -0.3 is 15.0 Å². The monoisotopic (exact) mass is 441 g/mol. The number of nitrogens with one attached hydrogen (secondary N) is 1. The Balaban J connectivity index is 1.62. The molecule has 0 radical (unpaired) electrons. The third kappa shape index (κ3) is 6.94. The lowest BCUT2D eigenvalue weighted by molar-refractivity contribution is -0.122. The predicted molar refractivity (Wildman–Crippen MR) is 129 cm³/mol. The molecule has 33 heavy (non-hydrogen) atoms. The number of hydrogen-bond donors (Lipinski definition) is 1. The van der Waals surface area contributed by atoms with Gasteiger partial charge >= 0.3 is 0 Å². The Morgan fingerprint density at radius 3 is 2.33 bits per heavy atom. The molecular formula is C27H27N3O3. The maximum atomic E-state index is 12.8. The lowest BCUT2D eigenvalue weighted by atomic mass is 10.0. The molecular weight excluding hydrogens is 414 g/mol. The molecule has 0 atom stereocenters. The highest BCUT2D eigenvalue weighted by Gasteiger charge is 2.17. The number of nitrogens with zero attached hydrogens (tertiary/aromatic N) is 2. The van der Waals surface area contributed by atoms with Crippen LogP contribution >= 0.6 is 0 Å². The zero-order valence-electron chi connectivity index (χ0n) is 18.7. The minimum Gasteiger partial charge on any atom is -0.496 e. The second-order valence-electron chi connectivity index (χ2n) is 7.53. The second-order valence-corrected chi connectivity index (χ2v) is 7.53. The summed E-state index contributed by atoms with van der Waals surface area (Å²) < 4.78 is 5.47. The molecule has 0 aliphatic rings. The summed E-state index contributed by atoms with van der Waals surface area (Å²) in [5, 5.41) is 11.8. The van der Waals surface area contributed by atoms with E-state index in [2.05, 4.69) is 11.4 Å². The molecule has 0 aromatic heterocycles. The van der Waals surface area contributed by atoms with Crippen LogP contribution in [0.5, 0.6) is 5.75 Å². The van der Waals surface area contributed by atoms with Gasteiger partial charge in [-0.3, -0.25) is 9.59 Å². The van der Waals surface area contributed by atoms with Gasteiger partial charge in [0.15, 0.2) is 0 Å². The number of para-hydroxylation sites is 1. The summed E-state index contributed by atoms with van der Waals surface area (Å²) in [4.78, 5) is 26.9. The number of amides is 2. The molecule has 0 heterocycles. The quantitative estimate of drug-likeness (QED) is 0.482. The highest BCUT2D eigenvalue weighted by atomic mass is 16.5. The average molecular weight is 442 g/mol. The van der Waals surface area contributed by atoms with Gasteiger partial charge in [-0.05, 0) is 35.9 Å². The third-order valence-corrected chi connectivity index (χ3v) is 5.18. The number of ether oxygens (including phenoxy) is 1. The van der Waals surface area contributed by atoms with E-state index in [1.165, 1.54) is 0 Å². The van der Waals surface area contributed by atoms with E-state index < -0.39 is 0 Å². The largest absolute Gasteiger partial charge is 0.496 e. The first-order valence-corrected chi connectivity index (χ1v) is 10.8. The van der Waals surface area contributed by atoms with E-state index >= 15 is 0 Å². The molecule has 1 N–H and O–H groups in total. The molecule has 0 saturated heterocycles. The number of anilines is 2. The summed E-state index contributed by atoms with van der Waals surface area (Å²) in [6.07, 6.45) is 1.01.